The summed E-state index contributed by atoms with van der Waals surface area (Å²) in [4.78, 5) is 15.8. The van der Waals surface area contributed by atoms with E-state index in [4.69, 9.17) is 5.73 Å². The molecule has 1 amide bonds. The molecule has 1 unspecified atom stereocenters. The van der Waals surface area contributed by atoms with Gasteiger partial charge in [0.05, 0.1) is 5.41 Å². The highest BCUT2D eigenvalue weighted by Gasteiger charge is 2.29. The first-order chi connectivity index (χ1) is 6.62. The van der Waals surface area contributed by atoms with Crippen molar-refractivity contribution in [2.75, 3.05) is 11.9 Å². The summed E-state index contributed by atoms with van der Waals surface area (Å²) in [6.45, 7) is 4.16. The molecule has 5 heteroatoms. The number of nitrogens with two attached hydrogens (primary N) is 1. The fourth-order valence-electron chi connectivity index (χ4n) is 0.931. The fraction of sp³-hybridized carbons (Fsp3) is 0.556. The van der Waals surface area contributed by atoms with Crippen molar-refractivity contribution in [1.82, 2.24) is 4.98 Å². The molecule has 1 atom stereocenters. The molecule has 0 bridgehead atoms. The molecule has 1 rings (SSSR count). The Hall–Kier alpha value is -0.940. The van der Waals surface area contributed by atoms with E-state index >= 15 is 0 Å². The molecule has 0 saturated heterocycles. The van der Waals surface area contributed by atoms with E-state index in [9.17, 15) is 4.79 Å². The SMILES string of the molecule is CCC(C)(CN)C(=O)Nc1nccs1. The molecule has 0 radical (unpaired) electrons. The topological polar surface area (TPSA) is 68.0 Å². The molecule has 0 aliphatic rings. The minimum atomic E-state index is -0.494. The molecular weight excluding hydrogens is 198 g/mol. The van der Waals surface area contributed by atoms with Gasteiger partial charge in [0.2, 0.25) is 5.91 Å². The van der Waals surface area contributed by atoms with Crippen molar-refractivity contribution < 1.29 is 4.79 Å². The van der Waals surface area contributed by atoms with Crippen molar-refractivity contribution in [3.05, 3.63) is 11.6 Å². The van der Waals surface area contributed by atoms with E-state index in [1.165, 1.54) is 11.3 Å². The summed E-state index contributed by atoms with van der Waals surface area (Å²) < 4.78 is 0. The highest BCUT2D eigenvalue weighted by atomic mass is 32.1. The van der Waals surface area contributed by atoms with Crippen molar-refractivity contribution in [1.29, 1.82) is 0 Å². The first kappa shape index (κ1) is 11.1. The number of thiazole rings is 1. The van der Waals surface area contributed by atoms with Crippen LogP contribution >= 0.6 is 11.3 Å². The Balaban J connectivity index is 2.66. The molecule has 78 valence electrons. The van der Waals surface area contributed by atoms with Crippen LogP contribution in [0.3, 0.4) is 0 Å². The lowest BCUT2D eigenvalue weighted by Gasteiger charge is -2.23. The molecule has 1 aromatic heterocycles. The summed E-state index contributed by atoms with van der Waals surface area (Å²) in [7, 11) is 0. The van der Waals surface area contributed by atoms with Crippen LogP contribution in [0.1, 0.15) is 20.3 Å². The lowest BCUT2D eigenvalue weighted by Crippen LogP contribution is -2.39. The fourth-order valence-corrected chi connectivity index (χ4v) is 1.45. The molecular formula is C9H15N3OS. The van der Waals surface area contributed by atoms with Gasteiger partial charge < -0.3 is 11.1 Å². The Morgan fingerprint density at radius 1 is 1.79 bits per heavy atom. The number of carbonyl (C=O) groups excluding carboxylic acids is 1. The van der Waals surface area contributed by atoms with Gasteiger partial charge in [-0.25, -0.2) is 4.98 Å². The molecule has 0 fully saturated rings. The van der Waals surface area contributed by atoms with Crippen LogP contribution in [0.25, 0.3) is 0 Å². The largest absolute Gasteiger partial charge is 0.329 e. The van der Waals surface area contributed by atoms with E-state index in [0.29, 0.717) is 11.7 Å². The maximum Gasteiger partial charge on any atom is 0.233 e. The molecule has 1 aromatic rings. The molecule has 1 heterocycles. The molecule has 3 N–H and O–H groups in total. The van der Waals surface area contributed by atoms with E-state index in [1.54, 1.807) is 6.20 Å². The monoisotopic (exact) mass is 213 g/mol. The third-order valence-corrected chi connectivity index (χ3v) is 3.12. The molecule has 0 aliphatic heterocycles. The Kier molecular flexibility index (Phi) is 3.60. The average molecular weight is 213 g/mol. The number of anilines is 1. The number of nitrogens with zero attached hydrogens (tertiary/aromatic N) is 1. The summed E-state index contributed by atoms with van der Waals surface area (Å²) in [5.41, 5.74) is 5.08. The van der Waals surface area contributed by atoms with Crippen LogP contribution in [-0.4, -0.2) is 17.4 Å². The molecule has 0 aliphatic carbocycles. The number of rotatable bonds is 4. The normalized spacial score (nSPS) is 14.8. The first-order valence-electron chi connectivity index (χ1n) is 4.53. The number of hydrogen-bond acceptors (Lipinski definition) is 4. The van der Waals surface area contributed by atoms with E-state index in [1.807, 2.05) is 19.2 Å². The Morgan fingerprint density at radius 2 is 2.50 bits per heavy atom. The summed E-state index contributed by atoms with van der Waals surface area (Å²) in [5.74, 6) is -0.0579. The Labute approximate surface area is 87.5 Å². The van der Waals surface area contributed by atoms with Crippen molar-refractivity contribution in [3.8, 4) is 0 Å². The lowest BCUT2D eigenvalue weighted by molar-refractivity contribution is -0.124. The summed E-state index contributed by atoms with van der Waals surface area (Å²) in [6, 6.07) is 0. The van der Waals surface area contributed by atoms with Gasteiger partial charge in [0, 0.05) is 18.1 Å². The third kappa shape index (κ3) is 2.30. The molecule has 0 aromatic carbocycles. The number of nitrogens with one attached hydrogen (secondary N) is 1. The second-order valence-electron chi connectivity index (χ2n) is 3.41. The maximum atomic E-state index is 11.8. The van der Waals surface area contributed by atoms with Crippen LogP contribution in [0, 0.1) is 5.41 Å². The van der Waals surface area contributed by atoms with Gasteiger partial charge in [-0.3, -0.25) is 4.79 Å². The predicted molar refractivity (Wildman–Crippen MR) is 58.2 cm³/mol. The zero-order chi connectivity index (χ0) is 10.6. The van der Waals surface area contributed by atoms with E-state index in [2.05, 4.69) is 10.3 Å². The van der Waals surface area contributed by atoms with E-state index in [0.717, 1.165) is 6.42 Å². The second kappa shape index (κ2) is 4.52. The van der Waals surface area contributed by atoms with Gasteiger partial charge in [0.15, 0.2) is 5.13 Å². The lowest BCUT2D eigenvalue weighted by atomic mass is 9.87. The van der Waals surface area contributed by atoms with Crippen LogP contribution in [0.5, 0.6) is 0 Å². The minimum Gasteiger partial charge on any atom is -0.329 e. The summed E-state index contributed by atoms with van der Waals surface area (Å²) >= 11 is 1.40. The van der Waals surface area contributed by atoms with Crippen molar-refractivity contribution >= 4 is 22.4 Å². The van der Waals surface area contributed by atoms with Crippen LogP contribution in [0.2, 0.25) is 0 Å². The van der Waals surface area contributed by atoms with Crippen LogP contribution in [-0.2, 0) is 4.79 Å². The van der Waals surface area contributed by atoms with Gasteiger partial charge >= 0.3 is 0 Å². The number of carbonyl (C=O) groups is 1. The number of aromatic nitrogens is 1. The zero-order valence-electron chi connectivity index (χ0n) is 8.41. The first-order valence-corrected chi connectivity index (χ1v) is 5.41. The van der Waals surface area contributed by atoms with Crippen molar-refractivity contribution in [2.24, 2.45) is 11.1 Å². The van der Waals surface area contributed by atoms with Gasteiger partial charge in [-0.2, -0.15) is 0 Å². The minimum absolute atomic E-state index is 0.0579. The smallest absolute Gasteiger partial charge is 0.233 e. The third-order valence-electron chi connectivity index (χ3n) is 2.43. The average Bonchev–Trinajstić information content (AvgIpc) is 2.69. The molecule has 0 spiro atoms. The van der Waals surface area contributed by atoms with Gasteiger partial charge in [-0.15, -0.1) is 11.3 Å². The highest BCUT2D eigenvalue weighted by molar-refractivity contribution is 7.13. The molecule has 14 heavy (non-hydrogen) atoms. The van der Waals surface area contributed by atoms with Crippen LogP contribution < -0.4 is 11.1 Å². The number of amides is 1. The maximum absolute atomic E-state index is 11.8. The van der Waals surface area contributed by atoms with Crippen LogP contribution in [0.15, 0.2) is 11.6 Å². The summed E-state index contributed by atoms with van der Waals surface area (Å²) in [6.07, 6.45) is 2.38. The van der Waals surface area contributed by atoms with Gasteiger partial charge in [0.25, 0.3) is 0 Å². The second-order valence-corrected chi connectivity index (χ2v) is 4.30. The summed E-state index contributed by atoms with van der Waals surface area (Å²) in [5, 5.41) is 5.20. The van der Waals surface area contributed by atoms with Crippen molar-refractivity contribution in [3.63, 3.8) is 0 Å². The van der Waals surface area contributed by atoms with Crippen LogP contribution in [0.4, 0.5) is 5.13 Å². The standard InChI is InChI=1S/C9H15N3OS/c1-3-9(2,6-10)7(13)12-8-11-4-5-14-8/h4-5H,3,6,10H2,1-2H3,(H,11,12,13). The van der Waals surface area contributed by atoms with Gasteiger partial charge in [0.1, 0.15) is 0 Å². The number of hydrogen-bond donors (Lipinski definition) is 2. The quantitative estimate of drug-likeness (QED) is 0.795. The highest BCUT2D eigenvalue weighted by Crippen LogP contribution is 2.22. The molecule has 0 saturated carbocycles. The Morgan fingerprint density at radius 3 is 2.93 bits per heavy atom. The zero-order valence-corrected chi connectivity index (χ0v) is 9.23. The predicted octanol–water partition coefficient (Wildman–Crippen LogP) is 1.46. The van der Waals surface area contributed by atoms with Gasteiger partial charge in [-0.1, -0.05) is 6.92 Å². The van der Waals surface area contributed by atoms with E-state index in [-0.39, 0.29) is 5.91 Å². The van der Waals surface area contributed by atoms with E-state index < -0.39 is 5.41 Å². The van der Waals surface area contributed by atoms with Crippen molar-refractivity contribution in [2.45, 2.75) is 20.3 Å². The Bertz CT molecular complexity index is 293. The molecule has 4 nitrogen and oxygen atoms in total. The van der Waals surface area contributed by atoms with Gasteiger partial charge in [-0.05, 0) is 13.3 Å².